The van der Waals surface area contributed by atoms with Crippen molar-refractivity contribution in [1.29, 1.82) is 0 Å². The molecule has 1 heterocycles. The third-order valence-electron chi connectivity index (χ3n) is 5.24. The van der Waals surface area contributed by atoms with E-state index in [0.29, 0.717) is 17.4 Å². The van der Waals surface area contributed by atoms with E-state index in [1.54, 1.807) is 0 Å². The zero-order chi connectivity index (χ0) is 19.5. The standard InChI is InChI=1S/C24H26N2O2/c1-3-4-21-15-26-24(28-21)20-8-5-16(2)22(13-20)18-9-11-19(12-10-18)23(27)25-14-17-6-7-17/h5,8-13,15,17H,3-4,6-7,14H2,1-2H3,(H,25,27). The molecule has 1 fully saturated rings. The molecule has 144 valence electrons. The van der Waals surface area contributed by atoms with E-state index in [4.69, 9.17) is 4.42 Å². The Bertz CT molecular complexity index is 969. The Balaban J connectivity index is 1.54. The molecule has 0 spiro atoms. The smallest absolute Gasteiger partial charge is 0.251 e. The summed E-state index contributed by atoms with van der Waals surface area (Å²) in [5, 5.41) is 3.02. The number of hydrogen-bond acceptors (Lipinski definition) is 3. The second-order valence-corrected chi connectivity index (χ2v) is 7.64. The number of rotatable bonds is 7. The summed E-state index contributed by atoms with van der Waals surface area (Å²) in [7, 11) is 0. The van der Waals surface area contributed by atoms with E-state index in [1.165, 1.54) is 18.4 Å². The van der Waals surface area contributed by atoms with Crippen molar-refractivity contribution >= 4 is 5.91 Å². The van der Waals surface area contributed by atoms with Gasteiger partial charge in [0.15, 0.2) is 0 Å². The van der Waals surface area contributed by atoms with Gasteiger partial charge in [-0.05, 0) is 73.1 Å². The van der Waals surface area contributed by atoms with E-state index in [1.807, 2.05) is 36.5 Å². The summed E-state index contributed by atoms with van der Waals surface area (Å²) in [6, 6.07) is 14.1. The first kappa shape index (κ1) is 18.5. The van der Waals surface area contributed by atoms with Crippen LogP contribution in [0.3, 0.4) is 0 Å². The molecule has 4 rings (SSSR count). The van der Waals surface area contributed by atoms with Gasteiger partial charge in [-0.3, -0.25) is 4.79 Å². The van der Waals surface area contributed by atoms with Gasteiger partial charge in [0.25, 0.3) is 5.91 Å². The third kappa shape index (κ3) is 4.16. The highest BCUT2D eigenvalue weighted by Crippen LogP contribution is 2.30. The Labute approximate surface area is 166 Å². The number of oxazole rings is 1. The summed E-state index contributed by atoms with van der Waals surface area (Å²) >= 11 is 0. The van der Waals surface area contributed by atoms with Crippen LogP contribution in [-0.4, -0.2) is 17.4 Å². The molecule has 3 aromatic rings. The fourth-order valence-corrected chi connectivity index (χ4v) is 3.33. The zero-order valence-corrected chi connectivity index (χ0v) is 16.5. The quantitative estimate of drug-likeness (QED) is 0.602. The lowest BCUT2D eigenvalue weighted by molar-refractivity contribution is 0.0952. The molecule has 1 aromatic heterocycles. The normalized spacial score (nSPS) is 13.5. The highest BCUT2D eigenvalue weighted by atomic mass is 16.4. The van der Waals surface area contributed by atoms with E-state index in [9.17, 15) is 4.79 Å². The van der Waals surface area contributed by atoms with E-state index in [0.717, 1.165) is 41.8 Å². The van der Waals surface area contributed by atoms with Crippen LogP contribution in [0.5, 0.6) is 0 Å². The van der Waals surface area contributed by atoms with E-state index in [2.05, 4.69) is 36.3 Å². The Hall–Kier alpha value is -2.88. The molecule has 0 atom stereocenters. The van der Waals surface area contributed by atoms with Crippen molar-refractivity contribution in [3.63, 3.8) is 0 Å². The van der Waals surface area contributed by atoms with Crippen LogP contribution >= 0.6 is 0 Å². The van der Waals surface area contributed by atoms with Crippen molar-refractivity contribution in [2.75, 3.05) is 6.54 Å². The van der Waals surface area contributed by atoms with Crippen molar-refractivity contribution in [2.45, 2.75) is 39.5 Å². The van der Waals surface area contributed by atoms with Crippen molar-refractivity contribution < 1.29 is 9.21 Å². The Morgan fingerprint density at radius 1 is 1.14 bits per heavy atom. The summed E-state index contributed by atoms with van der Waals surface area (Å²) in [4.78, 5) is 16.7. The molecular formula is C24H26N2O2. The minimum atomic E-state index is 0.00663. The SMILES string of the molecule is CCCc1cnc(-c2ccc(C)c(-c3ccc(C(=O)NCC4CC4)cc3)c2)o1. The van der Waals surface area contributed by atoms with Crippen LogP contribution in [0, 0.1) is 12.8 Å². The average Bonchev–Trinajstić information content (AvgIpc) is 3.44. The third-order valence-corrected chi connectivity index (χ3v) is 5.24. The molecule has 1 saturated carbocycles. The highest BCUT2D eigenvalue weighted by molar-refractivity contribution is 5.94. The molecule has 2 aromatic carbocycles. The Kier molecular flexibility index (Phi) is 5.29. The number of amides is 1. The number of nitrogens with zero attached hydrogens (tertiary/aromatic N) is 1. The molecular weight excluding hydrogens is 348 g/mol. The summed E-state index contributed by atoms with van der Waals surface area (Å²) in [6.07, 6.45) is 6.22. The number of carbonyl (C=O) groups excluding carboxylic acids is 1. The largest absolute Gasteiger partial charge is 0.441 e. The zero-order valence-electron chi connectivity index (χ0n) is 16.5. The van der Waals surface area contributed by atoms with Crippen molar-refractivity contribution in [3.05, 3.63) is 65.5 Å². The van der Waals surface area contributed by atoms with Gasteiger partial charge in [-0.2, -0.15) is 0 Å². The molecule has 0 radical (unpaired) electrons. The molecule has 1 N–H and O–H groups in total. The van der Waals surface area contributed by atoms with Crippen molar-refractivity contribution in [2.24, 2.45) is 5.92 Å². The number of aromatic nitrogens is 1. The summed E-state index contributed by atoms with van der Waals surface area (Å²) in [5.74, 6) is 2.26. The Morgan fingerprint density at radius 2 is 1.89 bits per heavy atom. The van der Waals surface area contributed by atoms with Gasteiger partial charge in [0.1, 0.15) is 5.76 Å². The second-order valence-electron chi connectivity index (χ2n) is 7.64. The van der Waals surface area contributed by atoms with Gasteiger partial charge in [0.2, 0.25) is 5.89 Å². The molecule has 0 unspecified atom stereocenters. The van der Waals surface area contributed by atoms with Crippen LogP contribution in [0.25, 0.3) is 22.6 Å². The molecule has 1 aliphatic rings. The molecule has 4 heteroatoms. The maximum atomic E-state index is 12.3. The lowest BCUT2D eigenvalue weighted by Gasteiger charge is -2.09. The highest BCUT2D eigenvalue weighted by Gasteiger charge is 2.21. The first-order valence-electron chi connectivity index (χ1n) is 10.1. The molecule has 0 aliphatic heterocycles. The lowest BCUT2D eigenvalue weighted by Crippen LogP contribution is -2.25. The second kappa shape index (κ2) is 8.01. The van der Waals surface area contributed by atoms with Gasteiger partial charge in [0.05, 0.1) is 6.20 Å². The minimum absolute atomic E-state index is 0.00663. The van der Waals surface area contributed by atoms with Crippen molar-refractivity contribution in [1.82, 2.24) is 10.3 Å². The predicted octanol–water partition coefficient (Wildman–Crippen LogP) is 5.41. The fraction of sp³-hybridized carbons (Fsp3) is 0.333. The predicted molar refractivity (Wildman–Crippen MR) is 111 cm³/mol. The fourth-order valence-electron chi connectivity index (χ4n) is 3.33. The molecule has 0 bridgehead atoms. The van der Waals surface area contributed by atoms with Gasteiger partial charge in [-0.25, -0.2) is 4.98 Å². The van der Waals surface area contributed by atoms with Crippen LogP contribution in [0.15, 0.2) is 53.1 Å². The van der Waals surface area contributed by atoms with Gasteiger partial charge >= 0.3 is 0 Å². The van der Waals surface area contributed by atoms with Crippen LogP contribution in [0.1, 0.15) is 47.9 Å². The molecule has 1 amide bonds. The molecule has 0 saturated heterocycles. The van der Waals surface area contributed by atoms with Gasteiger partial charge in [0, 0.05) is 24.1 Å². The lowest BCUT2D eigenvalue weighted by atomic mass is 9.97. The van der Waals surface area contributed by atoms with Gasteiger partial charge < -0.3 is 9.73 Å². The number of nitrogens with one attached hydrogen (secondary N) is 1. The van der Waals surface area contributed by atoms with Crippen LogP contribution < -0.4 is 5.32 Å². The number of carbonyl (C=O) groups is 1. The number of benzene rings is 2. The van der Waals surface area contributed by atoms with E-state index >= 15 is 0 Å². The monoisotopic (exact) mass is 374 g/mol. The van der Waals surface area contributed by atoms with Crippen LogP contribution in [0.2, 0.25) is 0 Å². The van der Waals surface area contributed by atoms with Gasteiger partial charge in [-0.1, -0.05) is 25.1 Å². The maximum Gasteiger partial charge on any atom is 0.251 e. The molecule has 4 nitrogen and oxygen atoms in total. The van der Waals surface area contributed by atoms with Gasteiger partial charge in [-0.15, -0.1) is 0 Å². The number of aryl methyl sites for hydroxylation is 2. The first-order chi connectivity index (χ1) is 13.6. The van der Waals surface area contributed by atoms with E-state index in [-0.39, 0.29) is 5.91 Å². The van der Waals surface area contributed by atoms with E-state index < -0.39 is 0 Å². The minimum Gasteiger partial charge on any atom is -0.441 e. The number of hydrogen-bond donors (Lipinski definition) is 1. The molecule has 28 heavy (non-hydrogen) atoms. The summed E-state index contributed by atoms with van der Waals surface area (Å²) in [6.45, 7) is 5.01. The topological polar surface area (TPSA) is 55.1 Å². The summed E-state index contributed by atoms with van der Waals surface area (Å²) in [5.41, 5.74) is 5.05. The van der Waals surface area contributed by atoms with Crippen molar-refractivity contribution in [3.8, 4) is 22.6 Å². The first-order valence-corrected chi connectivity index (χ1v) is 10.1. The van der Waals surface area contributed by atoms with Crippen LogP contribution in [0.4, 0.5) is 0 Å². The van der Waals surface area contributed by atoms with Crippen LogP contribution in [-0.2, 0) is 6.42 Å². The summed E-state index contributed by atoms with van der Waals surface area (Å²) < 4.78 is 5.88. The maximum absolute atomic E-state index is 12.3. The molecule has 1 aliphatic carbocycles. The average molecular weight is 374 g/mol. The Morgan fingerprint density at radius 3 is 2.61 bits per heavy atom.